The highest BCUT2D eigenvalue weighted by Gasteiger charge is 2.42. The number of aromatic amines is 1. The van der Waals surface area contributed by atoms with E-state index in [0.29, 0.717) is 22.7 Å². The predicted octanol–water partition coefficient (Wildman–Crippen LogP) is 5.07. The fourth-order valence-electron chi connectivity index (χ4n) is 6.40. The number of anilines is 1. The van der Waals surface area contributed by atoms with E-state index < -0.39 is 17.6 Å². The number of benzene rings is 2. The van der Waals surface area contributed by atoms with Crippen molar-refractivity contribution in [2.75, 3.05) is 4.90 Å². The molecule has 3 fully saturated rings. The molecule has 2 atom stereocenters. The Morgan fingerprint density at radius 1 is 0.953 bits per heavy atom. The van der Waals surface area contributed by atoms with Crippen LogP contribution in [0.1, 0.15) is 55.8 Å². The molecular weight excluding hydrogens is 567 g/mol. The van der Waals surface area contributed by atoms with E-state index in [2.05, 4.69) is 24.9 Å². The smallest absolute Gasteiger partial charge is 0.405 e. The zero-order valence-electron chi connectivity index (χ0n) is 22.9. The Morgan fingerprint density at radius 2 is 1.65 bits per heavy atom. The van der Waals surface area contributed by atoms with Crippen molar-refractivity contribution in [3.05, 3.63) is 86.9 Å². The van der Waals surface area contributed by atoms with Gasteiger partial charge in [0, 0.05) is 34.8 Å². The lowest BCUT2D eigenvalue weighted by Crippen LogP contribution is -2.45. The lowest BCUT2D eigenvalue weighted by atomic mass is 9.98. The number of para-hydroxylation sites is 1. The number of alkyl halides is 3. The number of ether oxygens (including phenoxy) is 2. The fourth-order valence-corrected chi connectivity index (χ4v) is 6.40. The van der Waals surface area contributed by atoms with Crippen molar-refractivity contribution in [2.24, 2.45) is 0 Å². The average Bonchev–Trinajstić information content (AvgIpc) is 3.67. The highest BCUT2D eigenvalue weighted by atomic mass is 19.4. The molecule has 1 N–H and O–H groups in total. The Kier molecular flexibility index (Phi) is 6.83. The Balaban J connectivity index is 1.07. The van der Waals surface area contributed by atoms with Crippen LogP contribution in [0.3, 0.4) is 0 Å². The van der Waals surface area contributed by atoms with Gasteiger partial charge in [0.2, 0.25) is 0 Å². The summed E-state index contributed by atoms with van der Waals surface area (Å²) < 4.78 is 56.9. The van der Waals surface area contributed by atoms with Gasteiger partial charge in [-0.25, -0.2) is 4.79 Å². The number of aromatic nitrogens is 4. The van der Waals surface area contributed by atoms with E-state index in [4.69, 9.17) is 9.26 Å². The number of nitrogens with one attached hydrogen (secondary N) is 1. The largest absolute Gasteiger partial charge is 0.573 e. The van der Waals surface area contributed by atoms with Gasteiger partial charge >= 0.3 is 12.1 Å². The van der Waals surface area contributed by atoms with Crippen molar-refractivity contribution in [1.29, 1.82) is 0 Å². The summed E-state index contributed by atoms with van der Waals surface area (Å²) in [5, 5.41) is 8.09. The highest BCUT2D eigenvalue weighted by Crippen LogP contribution is 2.46. The molecule has 10 nitrogen and oxygen atoms in total. The van der Waals surface area contributed by atoms with Gasteiger partial charge < -0.3 is 18.9 Å². The number of piperidine rings is 1. The van der Waals surface area contributed by atoms with Crippen LogP contribution in [0.2, 0.25) is 0 Å². The third-order valence-electron chi connectivity index (χ3n) is 8.39. The first-order chi connectivity index (χ1) is 20.7. The van der Waals surface area contributed by atoms with Gasteiger partial charge in [0.15, 0.2) is 0 Å². The van der Waals surface area contributed by atoms with Gasteiger partial charge in [-0.3, -0.25) is 9.78 Å². The summed E-state index contributed by atoms with van der Waals surface area (Å²) in [6, 6.07) is 14.0. The molecule has 43 heavy (non-hydrogen) atoms. The zero-order chi connectivity index (χ0) is 29.7. The Labute approximate surface area is 243 Å². The van der Waals surface area contributed by atoms with Crippen LogP contribution < -0.4 is 20.9 Å². The van der Waals surface area contributed by atoms with Gasteiger partial charge in [-0.2, -0.15) is 9.78 Å². The lowest BCUT2D eigenvalue weighted by Gasteiger charge is -2.40. The molecule has 1 saturated carbocycles. The summed E-state index contributed by atoms with van der Waals surface area (Å²) in [5.74, 6) is 0.539. The summed E-state index contributed by atoms with van der Waals surface area (Å²) in [7, 11) is 0. The van der Waals surface area contributed by atoms with Crippen molar-refractivity contribution in [3.63, 3.8) is 0 Å². The summed E-state index contributed by atoms with van der Waals surface area (Å²) >= 11 is 0. The third kappa shape index (κ3) is 5.56. The number of nitrogens with zero attached hydrogens (tertiary/aromatic N) is 4. The summed E-state index contributed by atoms with van der Waals surface area (Å²) in [6.45, 7) is 0.185. The highest BCUT2D eigenvalue weighted by molar-refractivity contribution is 5.70. The molecule has 2 aliphatic heterocycles. The Hall–Kier alpha value is -4.39. The van der Waals surface area contributed by atoms with E-state index in [1.165, 1.54) is 12.1 Å². The van der Waals surface area contributed by atoms with Crippen molar-refractivity contribution in [1.82, 2.24) is 19.9 Å². The van der Waals surface area contributed by atoms with Gasteiger partial charge in [0.05, 0.1) is 18.4 Å². The fraction of sp³-hybridized carbons (Fsp3) is 0.400. The number of hydrogen-bond donors (Lipinski definition) is 1. The van der Waals surface area contributed by atoms with Gasteiger partial charge in [-0.1, -0.05) is 17.3 Å². The average molecular weight is 596 g/mol. The lowest BCUT2D eigenvalue weighted by molar-refractivity contribution is -0.274. The predicted molar refractivity (Wildman–Crippen MR) is 148 cm³/mol. The standard InChI is InChI=1S/C30H28F3N5O5/c31-30(32,33)42-25-4-2-1-3-23(25)27-24(28(43-36-27)17-5-6-17)16-41-22-13-20-11-12-21(14-22)37(20)18-7-9-19(10-8-18)38-29(40)35-26(39)15-34-38/h1-4,7-10,15,17,20-22H,5-6,11-14,16H2,(H,35,39,40). The normalized spacial score (nSPS) is 21.7. The molecule has 0 radical (unpaired) electrons. The van der Waals surface area contributed by atoms with Crippen molar-refractivity contribution < 1.29 is 27.2 Å². The second-order valence-electron chi connectivity index (χ2n) is 11.3. The minimum atomic E-state index is -4.83. The minimum Gasteiger partial charge on any atom is -0.405 e. The second kappa shape index (κ2) is 10.7. The van der Waals surface area contributed by atoms with Gasteiger partial charge in [0.1, 0.15) is 23.4 Å². The SMILES string of the molecule is O=c1cnn(-c2ccc(N3C4CCC3CC(OCc3c(-c5ccccc5OC(F)(F)F)noc3C3CC3)C4)cc2)c(=O)[nH]1. The Bertz CT molecular complexity index is 1730. The van der Waals surface area contributed by atoms with Crippen LogP contribution >= 0.6 is 0 Å². The molecule has 2 unspecified atom stereocenters. The molecule has 13 heteroatoms. The molecule has 0 spiro atoms. The number of halogens is 3. The van der Waals surface area contributed by atoms with E-state index in [9.17, 15) is 22.8 Å². The van der Waals surface area contributed by atoms with Crippen molar-refractivity contribution in [2.45, 2.75) is 75.6 Å². The van der Waals surface area contributed by atoms with Gasteiger partial charge in [0.25, 0.3) is 5.56 Å². The molecule has 7 rings (SSSR count). The van der Waals surface area contributed by atoms with E-state index >= 15 is 0 Å². The molecule has 2 saturated heterocycles. The Morgan fingerprint density at radius 3 is 2.33 bits per heavy atom. The third-order valence-corrected chi connectivity index (χ3v) is 8.39. The van der Waals surface area contributed by atoms with E-state index in [1.54, 1.807) is 24.3 Å². The molecule has 2 aromatic heterocycles. The van der Waals surface area contributed by atoms with Crippen LogP contribution in [-0.2, 0) is 11.3 Å². The molecule has 2 bridgehead atoms. The number of hydrogen-bond acceptors (Lipinski definition) is 8. The van der Waals surface area contributed by atoms with E-state index in [-0.39, 0.29) is 42.0 Å². The maximum Gasteiger partial charge on any atom is 0.573 e. The molecule has 2 aromatic carbocycles. The first kappa shape index (κ1) is 27.4. The minimum absolute atomic E-state index is 0.0339. The first-order valence-corrected chi connectivity index (χ1v) is 14.3. The quantitative estimate of drug-likeness (QED) is 0.300. The number of H-pyrrole nitrogens is 1. The van der Waals surface area contributed by atoms with Crippen LogP contribution in [0.5, 0.6) is 5.75 Å². The topological polar surface area (TPSA) is 115 Å². The van der Waals surface area contributed by atoms with Crippen molar-refractivity contribution >= 4 is 5.69 Å². The number of fused-ring (bicyclic) bond motifs is 2. The first-order valence-electron chi connectivity index (χ1n) is 14.3. The van der Waals surface area contributed by atoms with Gasteiger partial charge in [-0.15, -0.1) is 13.2 Å². The monoisotopic (exact) mass is 595 g/mol. The maximum atomic E-state index is 13.1. The molecule has 4 aromatic rings. The summed E-state index contributed by atoms with van der Waals surface area (Å²) in [4.78, 5) is 28.1. The molecule has 1 aliphatic carbocycles. The molecule has 4 heterocycles. The van der Waals surface area contributed by atoms with Crippen LogP contribution in [0.4, 0.5) is 18.9 Å². The number of rotatable bonds is 8. The maximum absolute atomic E-state index is 13.1. The van der Waals surface area contributed by atoms with Crippen LogP contribution in [0, 0.1) is 0 Å². The molecule has 0 amide bonds. The molecule has 3 aliphatic rings. The van der Waals surface area contributed by atoms with Gasteiger partial charge in [-0.05, 0) is 74.9 Å². The van der Waals surface area contributed by atoms with Crippen LogP contribution in [0.15, 0.2) is 68.8 Å². The summed E-state index contributed by atoms with van der Waals surface area (Å²) in [5.41, 5.74) is 1.64. The second-order valence-corrected chi connectivity index (χ2v) is 11.3. The van der Waals surface area contributed by atoms with Crippen LogP contribution in [0.25, 0.3) is 16.9 Å². The van der Waals surface area contributed by atoms with Crippen molar-refractivity contribution in [3.8, 4) is 22.7 Å². The molecular formula is C30H28F3N5O5. The summed E-state index contributed by atoms with van der Waals surface area (Å²) in [6.07, 6.45) is 1.70. The molecule has 224 valence electrons. The van der Waals surface area contributed by atoms with E-state index in [1.807, 2.05) is 12.1 Å². The van der Waals surface area contributed by atoms with E-state index in [0.717, 1.165) is 55.1 Å². The van der Waals surface area contributed by atoms with Crippen LogP contribution in [-0.4, -0.2) is 44.5 Å². The zero-order valence-corrected chi connectivity index (χ0v) is 22.9.